The number of benzene rings is 1. The molecule has 13 heteroatoms. The molecule has 0 radical (unpaired) electrons. The zero-order chi connectivity index (χ0) is 27.7. The summed E-state index contributed by atoms with van der Waals surface area (Å²) in [4.78, 5) is 64.4. The van der Waals surface area contributed by atoms with Gasteiger partial charge in [0.05, 0.1) is 6.04 Å². The van der Waals surface area contributed by atoms with Crippen LogP contribution in [0.2, 0.25) is 0 Å². The molecule has 0 bridgehead atoms. The summed E-state index contributed by atoms with van der Waals surface area (Å²) in [6.07, 6.45) is 1.69. The van der Waals surface area contributed by atoms with Crippen molar-refractivity contribution in [1.82, 2.24) is 20.9 Å². The van der Waals surface area contributed by atoms with Crippen molar-refractivity contribution < 1.29 is 29.1 Å². The molecule has 0 saturated heterocycles. The second-order valence-electron chi connectivity index (χ2n) is 9.05. The van der Waals surface area contributed by atoms with Crippen molar-refractivity contribution >= 4 is 53.1 Å². The van der Waals surface area contributed by atoms with Crippen LogP contribution in [-0.4, -0.2) is 69.6 Å². The highest BCUT2D eigenvalue weighted by Crippen LogP contribution is 2.19. The number of carboxylic acid groups (broad SMARTS) is 1. The van der Waals surface area contributed by atoms with E-state index in [1.165, 1.54) is 0 Å². The largest absolute Gasteiger partial charge is 0.480 e. The standard InChI is InChI=1S/C24H34N6O6S/c1-12(2)20(30-21(32)15(25)7-8-19(26)31)23(34)28-17(22(33)29-18(11-37)24(35)36)9-13-10-27-16-6-4-3-5-14(13)16/h3-6,10,12,15,17-18,20,27,37H,7-9,11,25H2,1-2H3,(H2,26,31)(H,28,34)(H,29,33)(H,30,32)(H,35,36). The zero-order valence-electron chi connectivity index (χ0n) is 20.7. The van der Waals surface area contributed by atoms with Gasteiger partial charge in [0.1, 0.15) is 18.1 Å². The third-order valence-corrected chi connectivity index (χ3v) is 6.18. The van der Waals surface area contributed by atoms with E-state index in [1.807, 2.05) is 24.3 Å². The maximum Gasteiger partial charge on any atom is 0.327 e. The first-order valence-corrected chi connectivity index (χ1v) is 12.4. The molecule has 4 amide bonds. The molecule has 0 saturated carbocycles. The fourth-order valence-corrected chi connectivity index (χ4v) is 3.92. The van der Waals surface area contributed by atoms with Gasteiger partial charge in [-0.2, -0.15) is 12.6 Å². The zero-order valence-corrected chi connectivity index (χ0v) is 21.6. The van der Waals surface area contributed by atoms with E-state index in [0.29, 0.717) is 0 Å². The molecule has 0 spiro atoms. The Morgan fingerprint density at radius 3 is 2.24 bits per heavy atom. The summed E-state index contributed by atoms with van der Waals surface area (Å²) in [6.45, 7) is 3.41. The minimum Gasteiger partial charge on any atom is -0.480 e. The van der Waals surface area contributed by atoms with E-state index in [-0.39, 0.29) is 30.9 Å². The Morgan fingerprint density at radius 1 is 1.00 bits per heavy atom. The molecule has 4 unspecified atom stereocenters. The molecule has 0 fully saturated rings. The van der Waals surface area contributed by atoms with Gasteiger partial charge < -0.3 is 37.5 Å². The van der Waals surface area contributed by atoms with Crippen LogP contribution in [0.1, 0.15) is 32.3 Å². The number of aliphatic carboxylic acids is 1. The number of nitrogens with two attached hydrogens (primary N) is 2. The van der Waals surface area contributed by atoms with Gasteiger partial charge in [0, 0.05) is 35.7 Å². The SMILES string of the molecule is CC(C)C(NC(=O)C(N)CCC(N)=O)C(=O)NC(Cc1c[nH]c2ccccc12)C(=O)NC(CS)C(=O)O. The fourth-order valence-electron chi connectivity index (χ4n) is 3.67. The number of hydrogen-bond donors (Lipinski definition) is 8. The second-order valence-corrected chi connectivity index (χ2v) is 9.41. The van der Waals surface area contributed by atoms with Crippen LogP contribution in [0.15, 0.2) is 30.5 Å². The Labute approximate surface area is 219 Å². The van der Waals surface area contributed by atoms with Crippen LogP contribution in [0.4, 0.5) is 0 Å². The van der Waals surface area contributed by atoms with Gasteiger partial charge in [0.25, 0.3) is 0 Å². The fraction of sp³-hybridized carbons (Fsp3) is 0.458. The number of nitrogens with one attached hydrogen (secondary N) is 4. The molecule has 0 aliphatic rings. The molecule has 0 aliphatic heterocycles. The maximum absolute atomic E-state index is 13.2. The van der Waals surface area contributed by atoms with Crippen LogP contribution in [0, 0.1) is 5.92 Å². The number of carbonyl (C=O) groups is 5. The molecular weight excluding hydrogens is 500 g/mol. The number of hydrogen-bond acceptors (Lipinski definition) is 7. The third kappa shape index (κ3) is 8.50. The number of amides is 4. The van der Waals surface area contributed by atoms with E-state index in [1.54, 1.807) is 20.0 Å². The first kappa shape index (κ1) is 29.6. The second kappa shape index (κ2) is 13.7. The number of carboxylic acids is 1. The molecule has 12 nitrogen and oxygen atoms in total. The molecule has 2 rings (SSSR count). The van der Waals surface area contributed by atoms with Crippen LogP contribution in [0.25, 0.3) is 10.9 Å². The highest BCUT2D eigenvalue weighted by atomic mass is 32.1. The highest BCUT2D eigenvalue weighted by molar-refractivity contribution is 7.80. The Kier molecular flexibility index (Phi) is 10.9. The summed E-state index contributed by atoms with van der Waals surface area (Å²) in [7, 11) is 0. The number of fused-ring (bicyclic) bond motifs is 1. The monoisotopic (exact) mass is 534 g/mol. The van der Waals surface area contributed by atoms with Gasteiger partial charge in [-0.05, 0) is 24.0 Å². The number of H-pyrrole nitrogens is 1. The number of carbonyl (C=O) groups excluding carboxylic acids is 4. The summed E-state index contributed by atoms with van der Waals surface area (Å²) >= 11 is 3.98. The Morgan fingerprint density at radius 2 is 1.65 bits per heavy atom. The Balaban J connectivity index is 2.25. The molecule has 1 aromatic heterocycles. The quantitative estimate of drug-likeness (QED) is 0.148. The van der Waals surface area contributed by atoms with Gasteiger partial charge in [0.15, 0.2) is 0 Å². The summed E-state index contributed by atoms with van der Waals surface area (Å²) in [6, 6.07) is 2.88. The molecule has 37 heavy (non-hydrogen) atoms. The summed E-state index contributed by atoms with van der Waals surface area (Å²) in [5, 5.41) is 17.8. The molecule has 0 aliphatic carbocycles. The van der Waals surface area contributed by atoms with Crippen molar-refractivity contribution in [2.75, 3.05) is 5.75 Å². The topological polar surface area (TPSA) is 209 Å². The molecule has 9 N–H and O–H groups in total. The average Bonchev–Trinajstić information content (AvgIpc) is 3.25. The van der Waals surface area contributed by atoms with Gasteiger partial charge in [-0.3, -0.25) is 19.2 Å². The smallest absolute Gasteiger partial charge is 0.327 e. The van der Waals surface area contributed by atoms with Crippen molar-refractivity contribution in [1.29, 1.82) is 0 Å². The highest BCUT2D eigenvalue weighted by Gasteiger charge is 2.32. The van der Waals surface area contributed by atoms with Crippen molar-refractivity contribution in [3.63, 3.8) is 0 Å². The van der Waals surface area contributed by atoms with Gasteiger partial charge in [0.2, 0.25) is 23.6 Å². The number of aromatic nitrogens is 1. The van der Waals surface area contributed by atoms with E-state index in [4.69, 9.17) is 11.5 Å². The minimum atomic E-state index is -1.27. The predicted octanol–water partition coefficient (Wildman–Crippen LogP) is -0.572. The lowest BCUT2D eigenvalue weighted by Crippen LogP contribution is -2.59. The van der Waals surface area contributed by atoms with E-state index >= 15 is 0 Å². The molecule has 202 valence electrons. The van der Waals surface area contributed by atoms with Crippen LogP contribution in [0.5, 0.6) is 0 Å². The average molecular weight is 535 g/mol. The van der Waals surface area contributed by atoms with Crippen LogP contribution in [0.3, 0.4) is 0 Å². The molecular formula is C24H34N6O6S. The first-order valence-electron chi connectivity index (χ1n) is 11.8. The summed E-state index contributed by atoms with van der Waals surface area (Å²) in [5.41, 5.74) is 12.5. The maximum atomic E-state index is 13.2. The van der Waals surface area contributed by atoms with E-state index in [9.17, 15) is 29.1 Å². The summed E-state index contributed by atoms with van der Waals surface area (Å²) < 4.78 is 0. The van der Waals surface area contributed by atoms with Gasteiger partial charge >= 0.3 is 5.97 Å². The third-order valence-electron chi connectivity index (χ3n) is 5.81. The Bertz CT molecular complexity index is 1140. The Hall–Kier alpha value is -3.58. The van der Waals surface area contributed by atoms with E-state index < -0.39 is 53.8 Å². The van der Waals surface area contributed by atoms with Gasteiger partial charge in [-0.15, -0.1) is 0 Å². The number of primary amides is 1. The van der Waals surface area contributed by atoms with Crippen LogP contribution >= 0.6 is 12.6 Å². The number of para-hydroxylation sites is 1. The lowest BCUT2D eigenvalue weighted by Gasteiger charge is -2.27. The van der Waals surface area contributed by atoms with E-state index in [0.717, 1.165) is 16.5 Å². The summed E-state index contributed by atoms with van der Waals surface area (Å²) in [5.74, 6) is -4.41. The van der Waals surface area contributed by atoms with Crippen molar-refractivity contribution in [2.24, 2.45) is 17.4 Å². The molecule has 4 atom stereocenters. The number of thiol groups is 1. The van der Waals surface area contributed by atoms with Crippen molar-refractivity contribution in [2.45, 2.75) is 57.3 Å². The normalized spacial score (nSPS) is 14.4. The lowest BCUT2D eigenvalue weighted by molar-refractivity contribution is -0.141. The lowest BCUT2D eigenvalue weighted by atomic mass is 10.00. The minimum absolute atomic E-state index is 0.0134. The number of rotatable bonds is 14. The van der Waals surface area contributed by atoms with Crippen molar-refractivity contribution in [3.8, 4) is 0 Å². The van der Waals surface area contributed by atoms with E-state index in [2.05, 4.69) is 33.6 Å². The van der Waals surface area contributed by atoms with Crippen molar-refractivity contribution in [3.05, 3.63) is 36.0 Å². The first-order chi connectivity index (χ1) is 17.4. The molecule has 2 aromatic rings. The number of aromatic amines is 1. The predicted molar refractivity (Wildman–Crippen MR) is 141 cm³/mol. The molecule has 1 aromatic carbocycles. The van der Waals surface area contributed by atoms with Crippen LogP contribution < -0.4 is 27.4 Å². The van der Waals surface area contributed by atoms with Crippen LogP contribution in [-0.2, 0) is 30.4 Å². The van der Waals surface area contributed by atoms with Gasteiger partial charge in [-0.1, -0.05) is 32.0 Å². The molecule has 1 heterocycles. The van der Waals surface area contributed by atoms with Gasteiger partial charge in [-0.25, -0.2) is 4.79 Å².